The maximum Gasteiger partial charge on any atom is 0.416 e. The van der Waals surface area contributed by atoms with Gasteiger partial charge < -0.3 is 10.3 Å². The van der Waals surface area contributed by atoms with Crippen LogP contribution in [-0.4, -0.2) is 15.3 Å². The fourth-order valence-electron chi connectivity index (χ4n) is 1.75. The molecule has 3 nitrogen and oxygen atoms in total. The molecular weight excluding hydrogens is 287 g/mol. The molecule has 0 spiro atoms. The molecule has 2 aromatic rings. The minimum atomic E-state index is -4.36. The van der Waals surface area contributed by atoms with Crippen molar-refractivity contribution in [2.45, 2.75) is 17.5 Å². The number of thioether (sulfide) groups is 1. The number of halogens is 3. The molecule has 7 heteroatoms. The van der Waals surface area contributed by atoms with Gasteiger partial charge in [0.1, 0.15) is 5.82 Å². The van der Waals surface area contributed by atoms with Crippen molar-refractivity contribution in [3.8, 4) is 0 Å². The van der Waals surface area contributed by atoms with Crippen LogP contribution in [0.1, 0.15) is 11.4 Å². The molecule has 0 unspecified atom stereocenters. The summed E-state index contributed by atoms with van der Waals surface area (Å²) < 4.78 is 39.4. The van der Waals surface area contributed by atoms with E-state index in [1.165, 1.54) is 17.8 Å². The number of nitrogens with zero attached hydrogens (tertiary/aromatic N) is 2. The van der Waals surface area contributed by atoms with Crippen LogP contribution in [0, 0.1) is 0 Å². The van der Waals surface area contributed by atoms with Gasteiger partial charge in [-0.15, -0.1) is 11.8 Å². The Hall–Kier alpha value is -1.63. The van der Waals surface area contributed by atoms with Crippen molar-refractivity contribution in [2.75, 3.05) is 11.5 Å². The largest absolute Gasteiger partial charge is 0.416 e. The maximum absolute atomic E-state index is 12.5. The third-order valence-electron chi connectivity index (χ3n) is 2.84. The van der Waals surface area contributed by atoms with Gasteiger partial charge in [0, 0.05) is 42.2 Å². The molecule has 20 heavy (non-hydrogen) atoms. The number of nitrogens with two attached hydrogens (primary N) is 1. The van der Waals surface area contributed by atoms with Crippen LogP contribution in [0.15, 0.2) is 35.5 Å². The molecule has 1 aromatic heterocycles. The average Bonchev–Trinajstić information content (AvgIpc) is 2.76. The number of hydrogen-bond acceptors (Lipinski definition) is 3. The van der Waals surface area contributed by atoms with Crippen LogP contribution in [0.5, 0.6) is 0 Å². The summed E-state index contributed by atoms with van der Waals surface area (Å²) in [5.41, 5.74) is 5.10. The van der Waals surface area contributed by atoms with E-state index in [2.05, 4.69) is 4.98 Å². The Balaban J connectivity index is 1.98. The van der Waals surface area contributed by atoms with Gasteiger partial charge in [-0.2, -0.15) is 13.2 Å². The first-order chi connectivity index (χ1) is 9.38. The zero-order chi connectivity index (χ0) is 14.8. The number of rotatable bonds is 4. The van der Waals surface area contributed by atoms with Crippen LogP contribution >= 0.6 is 11.8 Å². The molecule has 0 aliphatic rings. The quantitative estimate of drug-likeness (QED) is 0.695. The third kappa shape index (κ3) is 3.47. The van der Waals surface area contributed by atoms with Crippen molar-refractivity contribution in [3.63, 3.8) is 0 Å². The van der Waals surface area contributed by atoms with Gasteiger partial charge in [0.25, 0.3) is 0 Å². The lowest BCUT2D eigenvalue weighted by molar-refractivity contribution is -0.137. The zero-order valence-electron chi connectivity index (χ0n) is 10.8. The van der Waals surface area contributed by atoms with E-state index in [1.54, 1.807) is 6.20 Å². The first-order valence-electron chi connectivity index (χ1n) is 5.93. The predicted molar refractivity (Wildman–Crippen MR) is 73.5 cm³/mol. The molecule has 1 heterocycles. The van der Waals surface area contributed by atoms with Crippen LogP contribution < -0.4 is 5.73 Å². The average molecular weight is 301 g/mol. The van der Waals surface area contributed by atoms with Crippen LogP contribution in [0.2, 0.25) is 0 Å². The SMILES string of the molecule is Cn1ccnc1CCSc1ccc(C(F)(F)F)cc1N. The van der Waals surface area contributed by atoms with E-state index in [4.69, 9.17) is 5.73 Å². The van der Waals surface area contributed by atoms with Gasteiger partial charge in [0.2, 0.25) is 0 Å². The monoisotopic (exact) mass is 301 g/mol. The van der Waals surface area contributed by atoms with Crippen molar-refractivity contribution in [1.29, 1.82) is 0 Å². The van der Waals surface area contributed by atoms with E-state index in [0.29, 0.717) is 10.6 Å². The minimum Gasteiger partial charge on any atom is -0.398 e. The van der Waals surface area contributed by atoms with Gasteiger partial charge in [-0.05, 0) is 18.2 Å². The lowest BCUT2D eigenvalue weighted by atomic mass is 10.2. The summed E-state index contributed by atoms with van der Waals surface area (Å²) in [7, 11) is 1.90. The second-order valence-electron chi connectivity index (χ2n) is 4.30. The molecule has 0 atom stereocenters. The van der Waals surface area contributed by atoms with Crippen molar-refractivity contribution in [2.24, 2.45) is 7.05 Å². The van der Waals surface area contributed by atoms with Crippen molar-refractivity contribution >= 4 is 17.4 Å². The standard InChI is InChI=1S/C13H14F3N3S/c1-19-6-5-18-12(19)4-7-20-11-3-2-9(8-10(11)17)13(14,15)16/h2-3,5-6,8H,4,7,17H2,1H3. The fourth-order valence-corrected chi connectivity index (χ4v) is 2.64. The summed E-state index contributed by atoms with van der Waals surface area (Å²) >= 11 is 1.43. The van der Waals surface area contributed by atoms with E-state index < -0.39 is 11.7 Å². The molecule has 0 amide bonds. The Kier molecular flexibility index (Phi) is 4.27. The molecule has 108 valence electrons. The molecule has 0 saturated heterocycles. The van der Waals surface area contributed by atoms with Crippen LogP contribution in [0.4, 0.5) is 18.9 Å². The second-order valence-corrected chi connectivity index (χ2v) is 5.44. The van der Waals surface area contributed by atoms with E-state index >= 15 is 0 Å². The topological polar surface area (TPSA) is 43.8 Å². The lowest BCUT2D eigenvalue weighted by Gasteiger charge is -2.10. The molecule has 2 N–H and O–H groups in total. The van der Waals surface area contributed by atoms with Gasteiger partial charge in [-0.1, -0.05) is 0 Å². The third-order valence-corrected chi connectivity index (χ3v) is 3.93. The van der Waals surface area contributed by atoms with Crippen molar-refractivity contribution in [1.82, 2.24) is 9.55 Å². The van der Waals surface area contributed by atoms with E-state index in [-0.39, 0.29) is 5.69 Å². The first-order valence-corrected chi connectivity index (χ1v) is 6.92. The summed E-state index contributed by atoms with van der Waals surface area (Å²) in [6.45, 7) is 0. The molecule has 0 saturated carbocycles. The number of aromatic nitrogens is 2. The first kappa shape index (κ1) is 14.8. The maximum atomic E-state index is 12.5. The number of aryl methyl sites for hydroxylation is 2. The van der Waals surface area contributed by atoms with Crippen molar-refractivity contribution in [3.05, 3.63) is 42.0 Å². The highest BCUT2D eigenvalue weighted by Gasteiger charge is 2.30. The normalized spacial score (nSPS) is 11.8. The summed E-state index contributed by atoms with van der Waals surface area (Å²) in [5, 5.41) is 0. The van der Waals surface area contributed by atoms with Gasteiger partial charge in [-0.3, -0.25) is 0 Å². The van der Waals surface area contributed by atoms with Crippen LogP contribution in [0.3, 0.4) is 0 Å². The Labute approximate surface area is 119 Å². The highest BCUT2D eigenvalue weighted by molar-refractivity contribution is 7.99. The number of nitrogen functional groups attached to an aromatic ring is 1. The Morgan fingerprint density at radius 2 is 2.10 bits per heavy atom. The summed E-state index contributed by atoms with van der Waals surface area (Å²) in [4.78, 5) is 4.84. The minimum absolute atomic E-state index is 0.157. The van der Waals surface area contributed by atoms with Gasteiger partial charge >= 0.3 is 6.18 Å². The molecule has 0 bridgehead atoms. The Morgan fingerprint density at radius 3 is 2.65 bits per heavy atom. The highest BCUT2D eigenvalue weighted by atomic mass is 32.2. The van der Waals surface area contributed by atoms with E-state index in [0.717, 1.165) is 24.4 Å². The molecule has 2 rings (SSSR count). The number of hydrogen-bond donors (Lipinski definition) is 1. The van der Waals surface area contributed by atoms with Crippen LogP contribution in [-0.2, 0) is 19.6 Å². The Bertz CT molecular complexity index is 593. The molecule has 0 aliphatic heterocycles. The van der Waals surface area contributed by atoms with Gasteiger partial charge in [0.05, 0.1) is 5.56 Å². The number of alkyl halides is 3. The number of benzene rings is 1. The van der Waals surface area contributed by atoms with Gasteiger partial charge in [-0.25, -0.2) is 4.98 Å². The molecule has 1 aromatic carbocycles. The predicted octanol–water partition coefficient (Wildman–Crippen LogP) is 3.36. The van der Waals surface area contributed by atoms with Crippen LogP contribution in [0.25, 0.3) is 0 Å². The molecule has 0 fully saturated rings. The smallest absolute Gasteiger partial charge is 0.398 e. The number of imidazole rings is 1. The summed E-state index contributed by atoms with van der Waals surface area (Å²) in [6, 6.07) is 3.45. The van der Waals surface area contributed by atoms with E-state index in [9.17, 15) is 13.2 Å². The highest BCUT2D eigenvalue weighted by Crippen LogP contribution is 2.34. The lowest BCUT2D eigenvalue weighted by Crippen LogP contribution is -2.06. The van der Waals surface area contributed by atoms with Gasteiger partial charge in [0.15, 0.2) is 0 Å². The second kappa shape index (κ2) is 5.78. The fraction of sp³-hybridized carbons (Fsp3) is 0.308. The summed E-state index contributed by atoms with van der Waals surface area (Å²) in [6.07, 6.45) is -0.0577. The zero-order valence-corrected chi connectivity index (χ0v) is 11.6. The molecule has 0 radical (unpaired) electrons. The molecule has 0 aliphatic carbocycles. The molecular formula is C13H14F3N3S. The Morgan fingerprint density at radius 1 is 1.35 bits per heavy atom. The number of anilines is 1. The summed E-state index contributed by atoms with van der Waals surface area (Å²) in [5.74, 6) is 1.64. The van der Waals surface area contributed by atoms with E-state index in [1.807, 2.05) is 17.8 Å². The van der Waals surface area contributed by atoms with Crippen molar-refractivity contribution < 1.29 is 13.2 Å².